The molecule has 1 nitrogen and oxygen atoms in total. The van der Waals surface area contributed by atoms with Crippen molar-refractivity contribution in [3.8, 4) is 0 Å². The van der Waals surface area contributed by atoms with Gasteiger partial charge in [0.1, 0.15) is 5.82 Å². The van der Waals surface area contributed by atoms with E-state index in [0.29, 0.717) is 11.5 Å². The third-order valence-corrected chi connectivity index (χ3v) is 4.60. The van der Waals surface area contributed by atoms with Crippen molar-refractivity contribution < 1.29 is 4.39 Å². The molecular formula is C16H22FNS. The molecule has 0 amide bonds. The molecule has 1 aromatic heterocycles. The fourth-order valence-electron chi connectivity index (χ4n) is 2.21. The highest BCUT2D eigenvalue weighted by atomic mass is 32.1. The first-order chi connectivity index (χ1) is 8.89. The van der Waals surface area contributed by atoms with Gasteiger partial charge in [-0.05, 0) is 55.0 Å². The predicted octanol–water partition coefficient (Wildman–Crippen LogP) is 5.13. The average Bonchev–Trinajstić information content (AvgIpc) is 2.71. The SMILES string of the molecule is CNC(CCC(C)(C)C)c1cc2cc(F)ccc2s1. The first kappa shape index (κ1) is 14.5. The molecule has 0 radical (unpaired) electrons. The third kappa shape index (κ3) is 3.77. The molecule has 104 valence electrons. The van der Waals surface area contributed by atoms with Crippen LogP contribution in [-0.2, 0) is 0 Å². The highest BCUT2D eigenvalue weighted by Crippen LogP contribution is 2.34. The Kier molecular flexibility index (Phi) is 4.26. The van der Waals surface area contributed by atoms with Crippen LogP contribution in [0.2, 0.25) is 0 Å². The van der Waals surface area contributed by atoms with Crippen molar-refractivity contribution in [1.29, 1.82) is 0 Å². The summed E-state index contributed by atoms with van der Waals surface area (Å²) in [6.45, 7) is 6.79. The van der Waals surface area contributed by atoms with E-state index in [9.17, 15) is 4.39 Å². The van der Waals surface area contributed by atoms with Gasteiger partial charge in [0.25, 0.3) is 0 Å². The lowest BCUT2D eigenvalue weighted by Gasteiger charge is -2.22. The van der Waals surface area contributed by atoms with E-state index >= 15 is 0 Å². The van der Waals surface area contributed by atoms with Crippen molar-refractivity contribution in [2.45, 2.75) is 39.7 Å². The van der Waals surface area contributed by atoms with Gasteiger partial charge in [-0.15, -0.1) is 11.3 Å². The Morgan fingerprint density at radius 3 is 2.63 bits per heavy atom. The second-order valence-electron chi connectivity index (χ2n) is 6.27. The summed E-state index contributed by atoms with van der Waals surface area (Å²) in [7, 11) is 2.00. The molecule has 1 atom stereocenters. The molecule has 0 aliphatic carbocycles. The Hall–Kier alpha value is -0.930. The standard InChI is InChI=1S/C16H22FNS/c1-16(2,3)8-7-13(18-4)15-10-11-9-12(17)5-6-14(11)19-15/h5-6,9-10,13,18H,7-8H2,1-4H3. The summed E-state index contributed by atoms with van der Waals surface area (Å²) < 4.78 is 14.4. The topological polar surface area (TPSA) is 12.0 Å². The summed E-state index contributed by atoms with van der Waals surface area (Å²) in [6, 6.07) is 7.50. The molecule has 19 heavy (non-hydrogen) atoms. The van der Waals surface area contributed by atoms with Crippen LogP contribution in [0.3, 0.4) is 0 Å². The molecule has 1 N–H and O–H groups in total. The average molecular weight is 279 g/mol. The molecular weight excluding hydrogens is 257 g/mol. The van der Waals surface area contributed by atoms with Gasteiger partial charge in [0.15, 0.2) is 0 Å². The van der Waals surface area contributed by atoms with Crippen LogP contribution in [-0.4, -0.2) is 7.05 Å². The number of benzene rings is 1. The Balaban J connectivity index is 2.20. The number of hydrogen-bond donors (Lipinski definition) is 1. The predicted molar refractivity (Wildman–Crippen MR) is 82.3 cm³/mol. The fourth-order valence-corrected chi connectivity index (χ4v) is 3.40. The molecule has 0 saturated heterocycles. The number of hydrogen-bond acceptors (Lipinski definition) is 2. The zero-order chi connectivity index (χ0) is 14.0. The summed E-state index contributed by atoms with van der Waals surface area (Å²) in [5.74, 6) is -0.160. The van der Waals surface area contributed by atoms with Crippen LogP contribution in [0.1, 0.15) is 44.5 Å². The second-order valence-corrected chi connectivity index (χ2v) is 7.39. The van der Waals surface area contributed by atoms with Gasteiger partial charge >= 0.3 is 0 Å². The molecule has 1 unspecified atom stereocenters. The summed E-state index contributed by atoms with van der Waals surface area (Å²) in [5, 5.41) is 4.39. The van der Waals surface area contributed by atoms with Crippen molar-refractivity contribution in [3.05, 3.63) is 35.0 Å². The molecule has 0 bridgehead atoms. The molecule has 1 heterocycles. The van der Waals surface area contributed by atoms with E-state index in [1.807, 2.05) is 13.1 Å². The van der Waals surface area contributed by atoms with Crippen LogP contribution >= 0.6 is 11.3 Å². The molecule has 3 heteroatoms. The summed E-state index contributed by atoms with van der Waals surface area (Å²) >= 11 is 1.76. The summed E-state index contributed by atoms with van der Waals surface area (Å²) in [4.78, 5) is 1.30. The summed E-state index contributed by atoms with van der Waals surface area (Å²) in [6.07, 6.45) is 2.27. The van der Waals surface area contributed by atoms with E-state index in [0.717, 1.165) is 16.5 Å². The number of nitrogens with one attached hydrogen (secondary N) is 1. The third-order valence-electron chi connectivity index (χ3n) is 3.37. The molecule has 2 aromatic rings. The lowest BCUT2D eigenvalue weighted by molar-refractivity contribution is 0.339. The smallest absolute Gasteiger partial charge is 0.123 e. The van der Waals surface area contributed by atoms with Crippen LogP contribution in [0.25, 0.3) is 10.1 Å². The van der Waals surface area contributed by atoms with E-state index in [-0.39, 0.29) is 5.82 Å². The highest BCUT2D eigenvalue weighted by Gasteiger charge is 2.17. The van der Waals surface area contributed by atoms with E-state index in [1.54, 1.807) is 17.4 Å². The molecule has 0 aliphatic rings. The maximum Gasteiger partial charge on any atom is 0.123 e. The molecule has 0 fully saturated rings. The van der Waals surface area contributed by atoms with Crippen molar-refractivity contribution >= 4 is 21.4 Å². The maximum atomic E-state index is 13.2. The number of halogens is 1. The zero-order valence-electron chi connectivity index (χ0n) is 12.1. The van der Waals surface area contributed by atoms with Crippen molar-refractivity contribution in [3.63, 3.8) is 0 Å². The van der Waals surface area contributed by atoms with Crippen LogP contribution in [0, 0.1) is 11.2 Å². The minimum absolute atomic E-state index is 0.160. The van der Waals surface area contributed by atoms with Crippen LogP contribution in [0.4, 0.5) is 4.39 Å². The lowest BCUT2D eigenvalue weighted by Crippen LogP contribution is -2.17. The van der Waals surface area contributed by atoms with Gasteiger partial charge in [-0.1, -0.05) is 20.8 Å². The van der Waals surface area contributed by atoms with Crippen molar-refractivity contribution in [2.75, 3.05) is 7.05 Å². The van der Waals surface area contributed by atoms with Gasteiger partial charge in [-0.25, -0.2) is 4.39 Å². The molecule has 2 rings (SSSR count). The number of fused-ring (bicyclic) bond motifs is 1. The lowest BCUT2D eigenvalue weighted by atomic mass is 9.88. The van der Waals surface area contributed by atoms with E-state index in [4.69, 9.17) is 0 Å². The molecule has 1 aromatic carbocycles. The Labute approximate surface area is 118 Å². The van der Waals surface area contributed by atoms with Gasteiger partial charge in [0, 0.05) is 15.6 Å². The largest absolute Gasteiger partial charge is 0.312 e. The summed E-state index contributed by atoms with van der Waals surface area (Å²) in [5.41, 5.74) is 0.345. The fraction of sp³-hybridized carbons (Fsp3) is 0.500. The number of rotatable bonds is 4. The Morgan fingerprint density at radius 2 is 2.00 bits per heavy atom. The maximum absolute atomic E-state index is 13.2. The first-order valence-corrected chi connectivity index (χ1v) is 7.57. The zero-order valence-corrected chi connectivity index (χ0v) is 12.9. The quantitative estimate of drug-likeness (QED) is 0.818. The van der Waals surface area contributed by atoms with Crippen LogP contribution in [0.15, 0.2) is 24.3 Å². The molecule has 0 aliphatic heterocycles. The van der Waals surface area contributed by atoms with Gasteiger partial charge in [0.2, 0.25) is 0 Å². The monoisotopic (exact) mass is 279 g/mol. The minimum Gasteiger partial charge on any atom is -0.312 e. The van der Waals surface area contributed by atoms with E-state index < -0.39 is 0 Å². The second kappa shape index (κ2) is 5.59. The Bertz CT molecular complexity index is 553. The van der Waals surface area contributed by atoms with Crippen molar-refractivity contribution in [2.24, 2.45) is 5.41 Å². The van der Waals surface area contributed by atoms with E-state index in [1.165, 1.54) is 17.4 Å². The van der Waals surface area contributed by atoms with Crippen LogP contribution in [0.5, 0.6) is 0 Å². The molecule has 0 saturated carbocycles. The normalized spacial score (nSPS) is 13.9. The van der Waals surface area contributed by atoms with E-state index in [2.05, 4.69) is 32.2 Å². The first-order valence-electron chi connectivity index (χ1n) is 6.75. The Morgan fingerprint density at radius 1 is 1.26 bits per heavy atom. The van der Waals surface area contributed by atoms with Gasteiger partial charge in [0.05, 0.1) is 0 Å². The molecule has 0 spiro atoms. The number of thiophene rings is 1. The van der Waals surface area contributed by atoms with Crippen LogP contribution < -0.4 is 5.32 Å². The van der Waals surface area contributed by atoms with Gasteiger partial charge < -0.3 is 5.32 Å². The van der Waals surface area contributed by atoms with Gasteiger partial charge in [-0.3, -0.25) is 0 Å². The van der Waals surface area contributed by atoms with Gasteiger partial charge in [-0.2, -0.15) is 0 Å². The van der Waals surface area contributed by atoms with Crippen molar-refractivity contribution in [1.82, 2.24) is 5.32 Å². The minimum atomic E-state index is -0.160. The highest BCUT2D eigenvalue weighted by molar-refractivity contribution is 7.19.